The second-order valence-corrected chi connectivity index (χ2v) is 5.06. The van der Waals surface area contributed by atoms with Gasteiger partial charge >= 0.3 is 0 Å². The average molecular weight is 272 g/mol. The lowest BCUT2D eigenvalue weighted by atomic mass is 10.2. The second-order valence-electron chi connectivity index (χ2n) is 5.06. The predicted molar refractivity (Wildman–Crippen MR) is 77.7 cm³/mol. The van der Waals surface area contributed by atoms with E-state index in [4.69, 9.17) is 4.42 Å². The first-order valence-corrected chi connectivity index (χ1v) is 7.18. The highest BCUT2D eigenvalue weighted by Crippen LogP contribution is 2.11. The molecule has 1 fully saturated rings. The highest BCUT2D eigenvalue weighted by Gasteiger charge is 2.18. The van der Waals surface area contributed by atoms with Crippen LogP contribution in [-0.4, -0.2) is 47.6 Å². The Morgan fingerprint density at radius 2 is 1.85 bits per heavy atom. The monoisotopic (exact) mass is 272 g/mol. The second kappa shape index (κ2) is 6.52. The maximum absolute atomic E-state index is 5.35. The summed E-state index contributed by atoms with van der Waals surface area (Å²) in [5.74, 6) is 1.93. The molecule has 0 atom stereocenters. The van der Waals surface area contributed by atoms with E-state index in [9.17, 15) is 0 Å². The highest BCUT2D eigenvalue weighted by atomic mass is 16.3. The molecule has 0 aromatic carbocycles. The van der Waals surface area contributed by atoms with E-state index in [0.29, 0.717) is 0 Å². The van der Waals surface area contributed by atoms with Crippen molar-refractivity contribution in [3.05, 3.63) is 42.6 Å². The number of hydrogen-bond acceptors (Lipinski definition) is 5. The third-order valence-corrected chi connectivity index (χ3v) is 3.68. The van der Waals surface area contributed by atoms with Gasteiger partial charge in [0.25, 0.3) is 0 Å². The van der Waals surface area contributed by atoms with Gasteiger partial charge < -0.3 is 9.32 Å². The summed E-state index contributed by atoms with van der Waals surface area (Å²) in [5.41, 5.74) is 0. The Hall–Kier alpha value is -1.88. The van der Waals surface area contributed by atoms with E-state index in [2.05, 4.69) is 19.8 Å². The minimum atomic E-state index is 0.850. The topological polar surface area (TPSA) is 45.4 Å². The number of rotatable bonds is 5. The zero-order chi connectivity index (χ0) is 13.6. The quantitative estimate of drug-likeness (QED) is 0.831. The number of nitrogens with zero attached hydrogens (tertiary/aromatic N) is 4. The van der Waals surface area contributed by atoms with E-state index in [1.54, 1.807) is 18.7 Å². The zero-order valence-corrected chi connectivity index (χ0v) is 11.6. The molecule has 0 amide bonds. The van der Waals surface area contributed by atoms with Crippen molar-refractivity contribution in [3.63, 3.8) is 0 Å². The van der Waals surface area contributed by atoms with Crippen LogP contribution in [0.5, 0.6) is 0 Å². The Labute approximate surface area is 119 Å². The molecule has 0 bridgehead atoms. The van der Waals surface area contributed by atoms with Crippen LogP contribution in [0, 0.1) is 0 Å². The molecule has 0 N–H and O–H groups in total. The van der Waals surface area contributed by atoms with Crippen molar-refractivity contribution >= 4 is 5.95 Å². The van der Waals surface area contributed by atoms with Crippen LogP contribution in [0.3, 0.4) is 0 Å². The summed E-state index contributed by atoms with van der Waals surface area (Å²) in [4.78, 5) is 13.4. The van der Waals surface area contributed by atoms with Crippen LogP contribution in [0.15, 0.2) is 41.3 Å². The molecule has 5 nitrogen and oxygen atoms in total. The molecule has 2 aromatic heterocycles. The molecule has 0 unspecified atom stereocenters. The van der Waals surface area contributed by atoms with Crippen LogP contribution in [0.1, 0.15) is 12.2 Å². The summed E-state index contributed by atoms with van der Waals surface area (Å²) in [5, 5.41) is 0. The summed E-state index contributed by atoms with van der Waals surface area (Å²) in [6.07, 6.45) is 7.52. The molecule has 1 aliphatic rings. The van der Waals surface area contributed by atoms with Crippen molar-refractivity contribution in [1.29, 1.82) is 0 Å². The third kappa shape index (κ3) is 3.36. The fourth-order valence-electron chi connectivity index (χ4n) is 2.56. The number of piperazine rings is 1. The van der Waals surface area contributed by atoms with Gasteiger partial charge in [-0.2, -0.15) is 0 Å². The number of furan rings is 1. The van der Waals surface area contributed by atoms with Crippen LogP contribution in [-0.2, 0) is 6.42 Å². The molecule has 3 heterocycles. The molecule has 2 aromatic rings. The lowest BCUT2D eigenvalue weighted by Gasteiger charge is -2.34. The first-order valence-electron chi connectivity index (χ1n) is 7.18. The molecule has 0 saturated carbocycles. The van der Waals surface area contributed by atoms with Crippen molar-refractivity contribution < 1.29 is 4.42 Å². The Balaban J connectivity index is 1.40. The van der Waals surface area contributed by atoms with E-state index in [1.165, 1.54) is 0 Å². The molecule has 1 saturated heterocycles. The smallest absolute Gasteiger partial charge is 0.225 e. The van der Waals surface area contributed by atoms with Gasteiger partial charge in [0.1, 0.15) is 5.76 Å². The Bertz CT molecular complexity index is 492. The highest BCUT2D eigenvalue weighted by molar-refractivity contribution is 5.29. The predicted octanol–water partition coefficient (Wildman–Crippen LogP) is 1.82. The Morgan fingerprint density at radius 1 is 1.05 bits per heavy atom. The van der Waals surface area contributed by atoms with Gasteiger partial charge in [-0.05, 0) is 31.2 Å². The minimum absolute atomic E-state index is 0.850. The lowest BCUT2D eigenvalue weighted by molar-refractivity contribution is 0.252. The fraction of sp³-hybridized carbons (Fsp3) is 0.467. The molecule has 106 valence electrons. The standard InChI is InChI=1S/C15H20N4O/c1(4-14-5-2-13-20-14)8-18-9-11-19(12-10-18)15-16-6-3-7-17-15/h2-3,5-7,13H,1,4,8-12H2. The summed E-state index contributed by atoms with van der Waals surface area (Å²) < 4.78 is 5.35. The summed E-state index contributed by atoms with van der Waals surface area (Å²) in [6.45, 7) is 5.30. The lowest BCUT2D eigenvalue weighted by Crippen LogP contribution is -2.47. The van der Waals surface area contributed by atoms with Crippen LogP contribution in [0.25, 0.3) is 0 Å². The van der Waals surface area contributed by atoms with Gasteiger partial charge in [0.15, 0.2) is 0 Å². The fourth-order valence-corrected chi connectivity index (χ4v) is 2.56. The molecular formula is C15H20N4O. The first-order chi connectivity index (χ1) is 9.92. The number of anilines is 1. The van der Waals surface area contributed by atoms with E-state index in [-0.39, 0.29) is 0 Å². The van der Waals surface area contributed by atoms with Crippen LogP contribution < -0.4 is 4.90 Å². The Kier molecular flexibility index (Phi) is 4.28. The largest absolute Gasteiger partial charge is 0.469 e. The van der Waals surface area contributed by atoms with Gasteiger partial charge in [-0.25, -0.2) is 9.97 Å². The van der Waals surface area contributed by atoms with Crippen molar-refractivity contribution in [2.45, 2.75) is 12.8 Å². The number of aromatic nitrogens is 2. The van der Waals surface area contributed by atoms with Crippen LogP contribution in [0.4, 0.5) is 5.95 Å². The van der Waals surface area contributed by atoms with E-state index < -0.39 is 0 Å². The summed E-state index contributed by atoms with van der Waals surface area (Å²) in [6, 6.07) is 5.85. The van der Waals surface area contributed by atoms with Gasteiger partial charge in [0.05, 0.1) is 6.26 Å². The van der Waals surface area contributed by atoms with Crippen LogP contribution in [0.2, 0.25) is 0 Å². The molecule has 20 heavy (non-hydrogen) atoms. The van der Waals surface area contributed by atoms with Gasteiger partial charge in [-0.1, -0.05) is 0 Å². The third-order valence-electron chi connectivity index (χ3n) is 3.68. The molecule has 1 aliphatic heterocycles. The molecule has 5 heteroatoms. The van der Waals surface area contributed by atoms with E-state index >= 15 is 0 Å². The van der Waals surface area contributed by atoms with Gasteiger partial charge in [-0.3, -0.25) is 4.90 Å². The molecule has 3 rings (SSSR count). The van der Waals surface area contributed by atoms with Crippen molar-refractivity contribution in [3.8, 4) is 0 Å². The van der Waals surface area contributed by atoms with E-state index in [1.807, 2.05) is 18.2 Å². The first kappa shape index (κ1) is 13.1. The maximum Gasteiger partial charge on any atom is 0.225 e. The van der Waals surface area contributed by atoms with Gasteiger partial charge in [0, 0.05) is 45.0 Å². The van der Waals surface area contributed by atoms with Gasteiger partial charge in [0.2, 0.25) is 5.95 Å². The van der Waals surface area contributed by atoms with E-state index in [0.717, 1.165) is 57.3 Å². The molecule has 0 spiro atoms. The number of aryl methyl sites for hydroxylation is 1. The van der Waals surface area contributed by atoms with Crippen molar-refractivity contribution in [2.24, 2.45) is 0 Å². The van der Waals surface area contributed by atoms with Crippen LogP contribution >= 0.6 is 0 Å². The molecular weight excluding hydrogens is 252 g/mol. The molecule has 0 radical (unpaired) electrons. The SMILES string of the molecule is c1cnc(N2CCN(CCCc3ccco3)CC2)nc1. The average Bonchev–Trinajstić information content (AvgIpc) is 3.02. The normalized spacial score (nSPS) is 16.5. The van der Waals surface area contributed by atoms with Crippen molar-refractivity contribution in [2.75, 3.05) is 37.6 Å². The number of hydrogen-bond donors (Lipinski definition) is 0. The molecule has 0 aliphatic carbocycles. The summed E-state index contributed by atoms with van der Waals surface area (Å²) >= 11 is 0. The summed E-state index contributed by atoms with van der Waals surface area (Å²) in [7, 11) is 0. The zero-order valence-electron chi connectivity index (χ0n) is 11.6. The Morgan fingerprint density at radius 3 is 2.55 bits per heavy atom. The maximum atomic E-state index is 5.35. The van der Waals surface area contributed by atoms with Crippen molar-refractivity contribution in [1.82, 2.24) is 14.9 Å². The van der Waals surface area contributed by atoms with Gasteiger partial charge in [-0.15, -0.1) is 0 Å². The minimum Gasteiger partial charge on any atom is -0.469 e.